The van der Waals surface area contributed by atoms with Crippen molar-refractivity contribution in [2.24, 2.45) is 5.73 Å². The lowest BCUT2D eigenvalue weighted by molar-refractivity contribution is 0.253. The Morgan fingerprint density at radius 3 is 1.40 bits per heavy atom. The fourth-order valence-electron chi connectivity index (χ4n) is 4.67. The average molecular weight is 481 g/mol. The van der Waals surface area contributed by atoms with E-state index in [0.29, 0.717) is 6.54 Å². The first-order valence-corrected chi connectivity index (χ1v) is 14.1. The average Bonchev–Trinajstić information content (AvgIpc) is 2.86. The molecule has 0 unspecified atom stereocenters. The maximum absolute atomic E-state index is 12.0. The van der Waals surface area contributed by atoms with Crippen LogP contribution in [-0.4, -0.2) is 17.7 Å². The highest BCUT2D eigenvalue weighted by Crippen LogP contribution is 2.25. The van der Waals surface area contributed by atoms with Gasteiger partial charge in [-0.15, -0.1) is 0 Å². The van der Waals surface area contributed by atoms with E-state index in [1.807, 2.05) is 36.4 Å². The summed E-state index contributed by atoms with van der Waals surface area (Å²) in [5.74, 6) is 0.254. The van der Waals surface area contributed by atoms with E-state index in [2.05, 4.69) is 6.92 Å². The molecule has 0 aromatic heterocycles. The van der Waals surface area contributed by atoms with Crippen molar-refractivity contribution < 1.29 is 9.90 Å². The number of aromatic hydroxyl groups is 1. The molecule has 0 aliphatic heterocycles. The summed E-state index contributed by atoms with van der Waals surface area (Å²) in [4.78, 5) is 13.7. The van der Waals surface area contributed by atoms with Gasteiger partial charge in [-0.25, -0.2) is 4.79 Å². The van der Waals surface area contributed by atoms with E-state index in [0.717, 1.165) is 29.7 Å². The summed E-state index contributed by atoms with van der Waals surface area (Å²) in [6.45, 7) is 2.94. The van der Waals surface area contributed by atoms with Crippen molar-refractivity contribution in [2.45, 2.75) is 110 Å². The van der Waals surface area contributed by atoms with E-state index in [9.17, 15) is 9.90 Å². The third kappa shape index (κ3) is 12.2. The maximum atomic E-state index is 12.0. The Morgan fingerprint density at radius 2 is 1.00 bits per heavy atom. The number of phenols is 1. The molecule has 3 N–H and O–H groups in total. The summed E-state index contributed by atoms with van der Waals surface area (Å²) in [6.07, 6.45) is 21.4. The zero-order valence-electron chi connectivity index (χ0n) is 22.0. The molecule has 35 heavy (non-hydrogen) atoms. The van der Waals surface area contributed by atoms with Crippen LogP contribution >= 0.6 is 0 Å². The van der Waals surface area contributed by atoms with Crippen molar-refractivity contribution >= 4 is 11.7 Å². The van der Waals surface area contributed by atoms with E-state index >= 15 is 0 Å². The SMILES string of the molecule is CCCCCCCCCCCCCCCCCCN(C(N)=O)c1ccc(-c2ccc(O)cc2)cc1. The van der Waals surface area contributed by atoms with Gasteiger partial charge in [-0.3, -0.25) is 4.90 Å². The van der Waals surface area contributed by atoms with Crippen LogP contribution in [0.5, 0.6) is 5.75 Å². The molecule has 2 amide bonds. The lowest BCUT2D eigenvalue weighted by Crippen LogP contribution is -2.36. The number of amides is 2. The monoisotopic (exact) mass is 480 g/mol. The van der Waals surface area contributed by atoms with E-state index in [-0.39, 0.29) is 5.75 Å². The molecule has 2 rings (SSSR count). The van der Waals surface area contributed by atoms with Crippen LogP contribution in [0.2, 0.25) is 0 Å². The predicted octanol–water partition coefficient (Wildman–Crippen LogP) is 9.21. The number of nitrogens with zero attached hydrogens (tertiary/aromatic N) is 1. The molecular formula is C31H48N2O2. The third-order valence-electron chi connectivity index (χ3n) is 6.88. The second-order valence-corrected chi connectivity index (χ2v) is 9.89. The highest BCUT2D eigenvalue weighted by molar-refractivity contribution is 5.91. The number of primary amides is 1. The molecule has 0 radical (unpaired) electrons. The number of carbonyl (C=O) groups excluding carboxylic acids is 1. The van der Waals surface area contributed by atoms with Gasteiger partial charge < -0.3 is 10.8 Å². The fourth-order valence-corrected chi connectivity index (χ4v) is 4.67. The zero-order valence-corrected chi connectivity index (χ0v) is 22.0. The minimum absolute atomic E-state index is 0.254. The number of phenolic OH excluding ortho intramolecular Hbond substituents is 1. The molecule has 0 saturated carbocycles. The van der Waals surface area contributed by atoms with Crippen LogP contribution < -0.4 is 10.6 Å². The van der Waals surface area contributed by atoms with Gasteiger partial charge >= 0.3 is 6.03 Å². The van der Waals surface area contributed by atoms with Gasteiger partial charge in [0.25, 0.3) is 0 Å². The Morgan fingerprint density at radius 1 is 0.629 bits per heavy atom. The Bertz CT molecular complexity index is 802. The van der Waals surface area contributed by atoms with Gasteiger partial charge in [0.1, 0.15) is 5.75 Å². The summed E-state index contributed by atoms with van der Waals surface area (Å²) in [7, 11) is 0. The molecular weight excluding hydrogens is 432 g/mol. The lowest BCUT2D eigenvalue weighted by Gasteiger charge is -2.21. The second kappa shape index (κ2) is 17.9. The van der Waals surface area contributed by atoms with Crippen LogP contribution in [0.4, 0.5) is 10.5 Å². The highest BCUT2D eigenvalue weighted by atomic mass is 16.3. The molecule has 0 aliphatic rings. The summed E-state index contributed by atoms with van der Waals surface area (Å²) >= 11 is 0. The molecule has 0 fully saturated rings. The molecule has 2 aromatic rings. The van der Waals surface area contributed by atoms with E-state index < -0.39 is 6.03 Å². The fraction of sp³-hybridized carbons (Fsp3) is 0.581. The Balaban J connectivity index is 1.53. The van der Waals surface area contributed by atoms with Gasteiger partial charge in [0.15, 0.2) is 0 Å². The second-order valence-electron chi connectivity index (χ2n) is 9.89. The number of hydrogen-bond acceptors (Lipinski definition) is 2. The van der Waals surface area contributed by atoms with Crippen LogP contribution in [0.1, 0.15) is 110 Å². The smallest absolute Gasteiger partial charge is 0.319 e. The minimum Gasteiger partial charge on any atom is -0.508 e. The van der Waals surface area contributed by atoms with Crippen molar-refractivity contribution in [3.05, 3.63) is 48.5 Å². The molecule has 2 aromatic carbocycles. The largest absolute Gasteiger partial charge is 0.508 e. The van der Waals surface area contributed by atoms with Crippen LogP contribution in [0.15, 0.2) is 48.5 Å². The summed E-state index contributed by atoms with van der Waals surface area (Å²) < 4.78 is 0. The van der Waals surface area contributed by atoms with Crippen molar-refractivity contribution in [2.75, 3.05) is 11.4 Å². The van der Waals surface area contributed by atoms with E-state index in [4.69, 9.17) is 5.73 Å². The molecule has 0 saturated heterocycles. The lowest BCUT2D eigenvalue weighted by atomic mass is 10.0. The molecule has 194 valence electrons. The van der Waals surface area contributed by atoms with Gasteiger partial charge in [-0.1, -0.05) is 128 Å². The predicted molar refractivity (Wildman–Crippen MR) is 150 cm³/mol. The number of urea groups is 1. The number of rotatable bonds is 19. The number of carbonyl (C=O) groups is 1. The number of benzene rings is 2. The van der Waals surface area contributed by atoms with Gasteiger partial charge in [0, 0.05) is 12.2 Å². The first kappa shape index (κ1) is 28.7. The van der Waals surface area contributed by atoms with Gasteiger partial charge in [0.05, 0.1) is 0 Å². The first-order chi connectivity index (χ1) is 17.1. The van der Waals surface area contributed by atoms with Crippen molar-refractivity contribution in [3.63, 3.8) is 0 Å². The van der Waals surface area contributed by atoms with Crippen LogP contribution in [0, 0.1) is 0 Å². The number of anilines is 1. The summed E-state index contributed by atoms with van der Waals surface area (Å²) in [6, 6.07) is 14.6. The Labute approximate surface area is 213 Å². The topological polar surface area (TPSA) is 66.6 Å². The third-order valence-corrected chi connectivity index (χ3v) is 6.88. The molecule has 4 nitrogen and oxygen atoms in total. The van der Waals surface area contributed by atoms with E-state index in [1.54, 1.807) is 17.0 Å². The molecule has 0 aliphatic carbocycles. The number of nitrogens with two attached hydrogens (primary N) is 1. The van der Waals surface area contributed by atoms with Gasteiger partial charge in [-0.2, -0.15) is 0 Å². The molecule has 0 bridgehead atoms. The standard InChI is InChI=1S/C31H48N2O2/c1-2-3-4-5-6-7-8-9-10-11-12-13-14-15-16-17-26-33(31(32)35)29-22-18-27(19-23-29)28-20-24-30(34)25-21-28/h18-25,34H,2-17,26H2,1H3,(H2,32,35). The molecule has 0 atom stereocenters. The van der Waals surface area contributed by atoms with Crippen LogP contribution in [0.25, 0.3) is 11.1 Å². The highest BCUT2D eigenvalue weighted by Gasteiger charge is 2.12. The van der Waals surface area contributed by atoms with Gasteiger partial charge in [-0.05, 0) is 41.8 Å². The van der Waals surface area contributed by atoms with Crippen molar-refractivity contribution in [1.29, 1.82) is 0 Å². The number of unbranched alkanes of at least 4 members (excludes halogenated alkanes) is 15. The summed E-state index contributed by atoms with van der Waals surface area (Å²) in [5.41, 5.74) is 8.56. The Hall–Kier alpha value is -2.49. The van der Waals surface area contributed by atoms with E-state index in [1.165, 1.54) is 89.9 Å². The first-order valence-electron chi connectivity index (χ1n) is 14.1. The summed E-state index contributed by atoms with van der Waals surface area (Å²) in [5, 5.41) is 9.46. The zero-order chi connectivity index (χ0) is 25.1. The quantitative estimate of drug-likeness (QED) is 0.197. The normalized spacial score (nSPS) is 11.0. The Kier molecular flexibility index (Phi) is 14.7. The maximum Gasteiger partial charge on any atom is 0.319 e. The minimum atomic E-state index is -0.400. The van der Waals surface area contributed by atoms with Crippen molar-refractivity contribution in [3.8, 4) is 16.9 Å². The molecule has 0 heterocycles. The van der Waals surface area contributed by atoms with Gasteiger partial charge in [0.2, 0.25) is 0 Å². The van der Waals surface area contributed by atoms with Crippen molar-refractivity contribution in [1.82, 2.24) is 0 Å². The molecule has 4 heteroatoms. The number of hydrogen-bond donors (Lipinski definition) is 2. The van der Waals surface area contributed by atoms with Crippen LogP contribution in [-0.2, 0) is 0 Å². The van der Waals surface area contributed by atoms with Crippen LogP contribution in [0.3, 0.4) is 0 Å². The molecule has 0 spiro atoms.